The van der Waals surface area contributed by atoms with Crippen LogP contribution in [-0.2, 0) is 16.0 Å². The summed E-state index contributed by atoms with van der Waals surface area (Å²) in [6.07, 6.45) is 4.14. The number of hydrogen-bond donors (Lipinski definition) is 0. The second-order valence-electron chi connectivity index (χ2n) is 8.85. The van der Waals surface area contributed by atoms with Crippen molar-refractivity contribution < 1.29 is 19.1 Å². The highest BCUT2D eigenvalue weighted by Crippen LogP contribution is 2.45. The minimum atomic E-state index is -0.359. The molecule has 1 atom stereocenters. The van der Waals surface area contributed by atoms with Gasteiger partial charge in [0.2, 0.25) is 0 Å². The summed E-state index contributed by atoms with van der Waals surface area (Å²) in [5.41, 5.74) is 1.28. The SMILES string of the molecule is CC(C)(C)Oc1cc(OC(C)(C)C)c2c(c1)[C@@H](N1C(=O)C=CC1=O)CC2. The van der Waals surface area contributed by atoms with E-state index in [1.807, 2.05) is 53.7 Å². The highest BCUT2D eigenvalue weighted by atomic mass is 16.5. The van der Waals surface area contributed by atoms with E-state index in [0.717, 1.165) is 23.3 Å². The minimum absolute atomic E-state index is 0.256. The maximum Gasteiger partial charge on any atom is 0.254 e. The van der Waals surface area contributed by atoms with Crippen molar-refractivity contribution in [3.8, 4) is 11.5 Å². The summed E-state index contributed by atoms with van der Waals surface area (Å²) in [4.78, 5) is 25.7. The standard InChI is InChI=1S/C21H27NO4/c1-20(2,3)25-13-11-15-14(17(12-13)26-21(4,5)6)7-8-16(15)22-18(23)9-10-19(22)24/h9-12,16H,7-8H2,1-6H3/t16-/m0/s1. The highest BCUT2D eigenvalue weighted by molar-refractivity contribution is 6.13. The molecule has 1 aliphatic carbocycles. The molecule has 1 aliphatic heterocycles. The van der Waals surface area contributed by atoms with Gasteiger partial charge in [0.05, 0.1) is 6.04 Å². The average molecular weight is 357 g/mol. The molecule has 0 fully saturated rings. The fourth-order valence-corrected chi connectivity index (χ4v) is 3.46. The second-order valence-corrected chi connectivity index (χ2v) is 8.85. The lowest BCUT2D eigenvalue weighted by molar-refractivity contribution is -0.139. The number of carbonyl (C=O) groups is 2. The number of ether oxygens (including phenoxy) is 2. The van der Waals surface area contributed by atoms with Crippen LogP contribution in [0.4, 0.5) is 0 Å². The first-order valence-corrected chi connectivity index (χ1v) is 9.05. The van der Waals surface area contributed by atoms with Crippen molar-refractivity contribution in [3.05, 3.63) is 35.4 Å². The van der Waals surface area contributed by atoms with Crippen molar-refractivity contribution in [3.63, 3.8) is 0 Å². The monoisotopic (exact) mass is 357 g/mol. The molecule has 26 heavy (non-hydrogen) atoms. The summed E-state index contributed by atoms with van der Waals surface area (Å²) in [7, 11) is 0. The first-order valence-electron chi connectivity index (χ1n) is 9.05. The Labute approximate surface area is 155 Å². The van der Waals surface area contributed by atoms with Gasteiger partial charge in [-0.3, -0.25) is 14.5 Å². The molecule has 0 unspecified atom stereocenters. The quantitative estimate of drug-likeness (QED) is 0.769. The van der Waals surface area contributed by atoms with Gasteiger partial charge >= 0.3 is 0 Å². The van der Waals surface area contributed by atoms with E-state index in [9.17, 15) is 9.59 Å². The van der Waals surface area contributed by atoms with Gasteiger partial charge < -0.3 is 9.47 Å². The van der Waals surface area contributed by atoms with E-state index in [0.29, 0.717) is 12.2 Å². The zero-order valence-corrected chi connectivity index (χ0v) is 16.4. The normalized spacial score (nSPS) is 19.9. The molecule has 3 rings (SSSR count). The van der Waals surface area contributed by atoms with Crippen molar-refractivity contribution in [2.45, 2.75) is 71.6 Å². The summed E-state index contributed by atoms with van der Waals surface area (Å²) >= 11 is 0. The zero-order valence-electron chi connectivity index (χ0n) is 16.4. The van der Waals surface area contributed by atoms with E-state index in [4.69, 9.17) is 9.47 Å². The molecule has 0 N–H and O–H groups in total. The Hall–Kier alpha value is -2.30. The van der Waals surface area contributed by atoms with Crippen LogP contribution in [0.5, 0.6) is 11.5 Å². The molecular formula is C21H27NO4. The fourth-order valence-electron chi connectivity index (χ4n) is 3.46. The molecule has 1 heterocycles. The van der Waals surface area contributed by atoms with Crippen LogP contribution in [0.1, 0.15) is 65.1 Å². The van der Waals surface area contributed by atoms with E-state index < -0.39 is 0 Å². The lowest BCUT2D eigenvalue weighted by atomic mass is 10.0. The van der Waals surface area contributed by atoms with Crippen molar-refractivity contribution in [1.29, 1.82) is 0 Å². The third-order valence-electron chi connectivity index (χ3n) is 4.24. The molecule has 1 aromatic carbocycles. The molecule has 0 saturated heterocycles. The summed E-state index contributed by atoms with van der Waals surface area (Å²) in [6.45, 7) is 12.0. The topological polar surface area (TPSA) is 55.8 Å². The van der Waals surface area contributed by atoms with Crippen LogP contribution < -0.4 is 9.47 Å². The maximum atomic E-state index is 12.2. The van der Waals surface area contributed by atoms with Crippen LogP contribution in [0.25, 0.3) is 0 Å². The lowest BCUT2D eigenvalue weighted by Gasteiger charge is -2.28. The number of imide groups is 1. The molecule has 0 spiro atoms. The summed E-state index contributed by atoms with van der Waals surface area (Å²) in [5, 5.41) is 0. The Morgan fingerprint density at radius 3 is 2.04 bits per heavy atom. The fraction of sp³-hybridized carbons (Fsp3) is 0.524. The molecule has 0 bridgehead atoms. The van der Waals surface area contributed by atoms with Crippen LogP contribution in [0.2, 0.25) is 0 Å². The average Bonchev–Trinajstić information content (AvgIpc) is 2.99. The zero-order chi connectivity index (χ0) is 19.3. The van der Waals surface area contributed by atoms with Crippen molar-refractivity contribution >= 4 is 11.8 Å². The molecule has 2 aliphatic rings. The predicted molar refractivity (Wildman–Crippen MR) is 99.3 cm³/mol. The van der Waals surface area contributed by atoms with Gasteiger partial charge in [0.15, 0.2) is 0 Å². The number of carbonyl (C=O) groups excluding carboxylic acids is 2. The van der Waals surface area contributed by atoms with Gasteiger partial charge in [-0.05, 0) is 71.6 Å². The first kappa shape index (κ1) is 18.5. The molecule has 5 heteroatoms. The van der Waals surface area contributed by atoms with Crippen LogP contribution in [-0.4, -0.2) is 27.9 Å². The van der Waals surface area contributed by atoms with Gasteiger partial charge in [0.1, 0.15) is 22.7 Å². The van der Waals surface area contributed by atoms with Crippen LogP contribution in [0.3, 0.4) is 0 Å². The molecule has 0 aromatic heterocycles. The Balaban J connectivity index is 2.05. The van der Waals surface area contributed by atoms with Crippen molar-refractivity contribution in [2.75, 3.05) is 0 Å². The maximum absolute atomic E-state index is 12.2. The molecule has 5 nitrogen and oxygen atoms in total. The lowest BCUT2D eigenvalue weighted by Crippen LogP contribution is -2.33. The number of amides is 2. The van der Waals surface area contributed by atoms with Gasteiger partial charge in [0, 0.05) is 18.2 Å². The smallest absolute Gasteiger partial charge is 0.254 e. The molecule has 140 valence electrons. The number of fused-ring (bicyclic) bond motifs is 1. The first-order chi connectivity index (χ1) is 11.9. The van der Waals surface area contributed by atoms with Gasteiger partial charge in [-0.2, -0.15) is 0 Å². The summed E-state index contributed by atoms with van der Waals surface area (Å²) < 4.78 is 12.2. The Kier molecular flexibility index (Phi) is 4.37. The molecule has 2 amide bonds. The molecular weight excluding hydrogens is 330 g/mol. The Morgan fingerprint density at radius 1 is 0.923 bits per heavy atom. The van der Waals surface area contributed by atoms with Crippen molar-refractivity contribution in [1.82, 2.24) is 4.90 Å². The predicted octanol–water partition coefficient (Wildman–Crippen LogP) is 3.95. The van der Waals surface area contributed by atoms with Gasteiger partial charge in [0.25, 0.3) is 11.8 Å². The largest absolute Gasteiger partial charge is 0.488 e. The highest BCUT2D eigenvalue weighted by Gasteiger charge is 2.38. The second kappa shape index (κ2) is 6.15. The number of benzene rings is 1. The Morgan fingerprint density at radius 2 is 1.50 bits per heavy atom. The van der Waals surface area contributed by atoms with Gasteiger partial charge in [-0.15, -0.1) is 0 Å². The number of hydrogen-bond acceptors (Lipinski definition) is 4. The number of rotatable bonds is 3. The third kappa shape index (κ3) is 3.76. The van der Waals surface area contributed by atoms with E-state index >= 15 is 0 Å². The van der Waals surface area contributed by atoms with Crippen LogP contribution in [0, 0.1) is 0 Å². The number of nitrogens with zero attached hydrogens (tertiary/aromatic N) is 1. The van der Waals surface area contributed by atoms with Gasteiger partial charge in [-0.25, -0.2) is 0 Å². The summed E-state index contributed by atoms with van der Waals surface area (Å²) in [6, 6.07) is 3.60. The molecule has 0 radical (unpaired) electrons. The third-order valence-corrected chi connectivity index (χ3v) is 4.24. The Bertz CT molecular complexity index is 762. The van der Waals surface area contributed by atoms with Crippen LogP contribution in [0.15, 0.2) is 24.3 Å². The minimum Gasteiger partial charge on any atom is -0.488 e. The van der Waals surface area contributed by atoms with E-state index in [2.05, 4.69) is 0 Å². The molecule has 1 aromatic rings. The van der Waals surface area contributed by atoms with E-state index in [1.165, 1.54) is 17.1 Å². The molecule has 0 saturated carbocycles. The van der Waals surface area contributed by atoms with E-state index in [1.54, 1.807) is 0 Å². The van der Waals surface area contributed by atoms with Gasteiger partial charge in [-0.1, -0.05) is 0 Å². The van der Waals surface area contributed by atoms with Crippen molar-refractivity contribution in [2.24, 2.45) is 0 Å². The van der Waals surface area contributed by atoms with Crippen LogP contribution >= 0.6 is 0 Å². The van der Waals surface area contributed by atoms with E-state index in [-0.39, 0.29) is 29.1 Å². The summed E-state index contributed by atoms with van der Waals surface area (Å²) in [5.74, 6) is 0.944.